The van der Waals surface area contributed by atoms with Crippen LogP contribution in [-0.2, 0) is 4.79 Å². The highest BCUT2D eigenvalue weighted by atomic mass is 35.5. The van der Waals surface area contributed by atoms with Crippen LogP contribution >= 0.6 is 24.2 Å². The molecule has 3 nitrogen and oxygen atoms in total. The van der Waals surface area contributed by atoms with Crippen LogP contribution in [0.4, 0.5) is 0 Å². The Morgan fingerprint density at radius 3 is 1.96 bits per heavy atom. The first-order chi connectivity index (χ1) is 12.2. The Bertz CT molecular complexity index is 621. The highest BCUT2D eigenvalue weighted by Gasteiger charge is 2.24. The van der Waals surface area contributed by atoms with Crippen LogP contribution in [0.1, 0.15) is 35.6 Å². The van der Waals surface area contributed by atoms with Crippen LogP contribution in [0, 0.1) is 0 Å². The average molecular weight is 392 g/mol. The van der Waals surface area contributed by atoms with Crippen molar-refractivity contribution >= 4 is 30.1 Å². The molecule has 1 saturated heterocycles. The second-order valence-electron chi connectivity index (χ2n) is 6.52. The van der Waals surface area contributed by atoms with Crippen LogP contribution < -0.4 is 0 Å². The number of nitrogens with zero attached hydrogens (tertiary/aromatic N) is 1. The summed E-state index contributed by atoms with van der Waals surface area (Å²) in [5.74, 6) is -0.704. The van der Waals surface area contributed by atoms with E-state index >= 15 is 0 Å². The number of thioether (sulfide) groups is 1. The summed E-state index contributed by atoms with van der Waals surface area (Å²) in [6.45, 7) is 2.68. The molecule has 0 atom stereocenters. The van der Waals surface area contributed by atoms with E-state index in [-0.39, 0.29) is 18.8 Å². The van der Waals surface area contributed by atoms with E-state index in [0.29, 0.717) is 17.0 Å². The van der Waals surface area contributed by atoms with Gasteiger partial charge in [0.25, 0.3) is 0 Å². The van der Waals surface area contributed by atoms with Crippen LogP contribution in [0.2, 0.25) is 0 Å². The van der Waals surface area contributed by atoms with E-state index in [0.717, 1.165) is 25.9 Å². The summed E-state index contributed by atoms with van der Waals surface area (Å²) < 4.78 is 0. The van der Waals surface area contributed by atoms with Crippen molar-refractivity contribution in [3.8, 4) is 0 Å². The van der Waals surface area contributed by atoms with Crippen molar-refractivity contribution < 1.29 is 9.90 Å². The van der Waals surface area contributed by atoms with Gasteiger partial charge in [0.1, 0.15) is 0 Å². The Kier molecular flexibility index (Phi) is 8.49. The molecule has 0 amide bonds. The number of likely N-dealkylation sites (tertiary alicyclic amines) is 1. The Morgan fingerprint density at radius 1 is 1.00 bits per heavy atom. The fraction of sp³-hybridized carbons (Fsp3) is 0.381. The lowest BCUT2D eigenvalue weighted by Gasteiger charge is -2.33. The number of aliphatic carboxylic acids is 1. The first-order valence-corrected chi connectivity index (χ1v) is 9.86. The zero-order valence-electron chi connectivity index (χ0n) is 14.8. The second-order valence-corrected chi connectivity index (χ2v) is 7.93. The van der Waals surface area contributed by atoms with Crippen molar-refractivity contribution in [1.29, 1.82) is 0 Å². The summed E-state index contributed by atoms with van der Waals surface area (Å²) >= 11 is 2.06. The van der Waals surface area contributed by atoms with Gasteiger partial charge in [0.2, 0.25) is 0 Å². The molecule has 5 heteroatoms. The number of benzene rings is 2. The molecule has 0 aromatic heterocycles. The summed E-state index contributed by atoms with van der Waals surface area (Å²) in [5, 5.41) is 9.81. The van der Waals surface area contributed by atoms with Gasteiger partial charge in [-0.1, -0.05) is 60.7 Å². The molecule has 1 aliphatic rings. The van der Waals surface area contributed by atoms with Crippen molar-refractivity contribution in [3.05, 3.63) is 71.8 Å². The maximum absolute atomic E-state index is 10.7. The van der Waals surface area contributed by atoms with E-state index in [1.165, 1.54) is 11.1 Å². The number of halogens is 1. The van der Waals surface area contributed by atoms with E-state index in [4.69, 9.17) is 5.11 Å². The lowest BCUT2D eigenvalue weighted by molar-refractivity contribution is -0.137. The number of hydrogen-bond donors (Lipinski definition) is 1. The van der Waals surface area contributed by atoms with Gasteiger partial charge in [-0.05, 0) is 37.1 Å². The minimum Gasteiger partial charge on any atom is -0.481 e. The van der Waals surface area contributed by atoms with Gasteiger partial charge in [0.05, 0.1) is 11.7 Å². The summed E-state index contributed by atoms with van der Waals surface area (Å²) in [7, 11) is 0. The predicted octanol–water partition coefficient (Wildman–Crippen LogP) is 4.87. The topological polar surface area (TPSA) is 40.5 Å². The minimum absolute atomic E-state index is 0. The van der Waals surface area contributed by atoms with Crippen molar-refractivity contribution in [1.82, 2.24) is 4.90 Å². The van der Waals surface area contributed by atoms with Crippen LogP contribution in [-0.4, -0.2) is 40.9 Å². The van der Waals surface area contributed by atoms with Gasteiger partial charge in [-0.25, -0.2) is 0 Å². The van der Waals surface area contributed by atoms with Crippen LogP contribution in [0.3, 0.4) is 0 Å². The average Bonchev–Trinajstić information content (AvgIpc) is 2.67. The number of carboxylic acids is 1. The monoisotopic (exact) mass is 391 g/mol. The first kappa shape index (κ1) is 20.8. The lowest BCUT2D eigenvalue weighted by atomic mass is 10.0. The van der Waals surface area contributed by atoms with E-state index in [2.05, 4.69) is 77.3 Å². The molecule has 0 bridgehead atoms. The van der Waals surface area contributed by atoms with E-state index in [1.54, 1.807) is 0 Å². The van der Waals surface area contributed by atoms with E-state index in [1.807, 2.05) is 0 Å². The molecule has 0 spiro atoms. The fourth-order valence-electron chi connectivity index (χ4n) is 3.32. The van der Waals surface area contributed by atoms with Crippen LogP contribution in [0.5, 0.6) is 0 Å². The Morgan fingerprint density at radius 2 is 1.50 bits per heavy atom. The maximum atomic E-state index is 10.7. The number of piperidine rings is 1. The fourth-order valence-corrected chi connectivity index (χ4v) is 4.82. The maximum Gasteiger partial charge on any atom is 0.304 e. The summed E-state index contributed by atoms with van der Waals surface area (Å²) in [4.78, 5) is 13.0. The smallest absolute Gasteiger partial charge is 0.304 e. The van der Waals surface area contributed by atoms with E-state index < -0.39 is 5.97 Å². The molecule has 1 heterocycles. The molecule has 0 radical (unpaired) electrons. The summed E-state index contributed by atoms with van der Waals surface area (Å²) in [6, 6.07) is 21.4. The third-order valence-electron chi connectivity index (χ3n) is 4.71. The SMILES string of the molecule is Cl.O=C(O)CCN1CCC(SC(c2ccccc2)c2ccccc2)CC1. The van der Waals surface area contributed by atoms with E-state index in [9.17, 15) is 4.79 Å². The number of carbonyl (C=O) groups is 1. The lowest BCUT2D eigenvalue weighted by Crippen LogP contribution is -2.36. The Balaban J connectivity index is 0.00000243. The molecule has 3 rings (SSSR count). The minimum atomic E-state index is -0.704. The zero-order chi connectivity index (χ0) is 17.5. The van der Waals surface area contributed by atoms with Crippen molar-refractivity contribution in [2.45, 2.75) is 29.8 Å². The van der Waals surface area contributed by atoms with Crippen molar-refractivity contribution in [3.63, 3.8) is 0 Å². The van der Waals surface area contributed by atoms with Crippen molar-refractivity contribution in [2.75, 3.05) is 19.6 Å². The molecular weight excluding hydrogens is 366 g/mol. The molecule has 0 unspecified atom stereocenters. The predicted molar refractivity (Wildman–Crippen MR) is 111 cm³/mol. The molecule has 1 fully saturated rings. The van der Waals surface area contributed by atoms with Gasteiger partial charge in [-0.15, -0.1) is 24.2 Å². The zero-order valence-corrected chi connectivity index (χ0v) is 16.4. The molecule has 1 aliphatic heterocycles. The third kappa shape index (κ3) is 6.04. The van der Waals surface area contributed by atoms with Crippen molar-refractivity contribution in [2.24, 2.45) is 0 Å². The quantitative estimate of drug-likeness (QED) is 0.730. The third-order valence-corrected chi connectivity index (χ3v) is 6.38. The Labute approximate surface area is 166 Å². The standard InChI is InChI=1S/C21H25NO2S.ClH/c23-20(24)13-16-22-14-11-19(12-15-22)25-21(17-7-3-1-4-8-17)18-9-5-2-6-10-18;/h1-10,19,21H,11-16H2,(H,23,24);1H. The van der Waals surface area contributed by atoms with Gasteiger partial charge in [0, 0.05) is 11.8 Å². The van der Waals surface area contributed by atoms with Gasteiger partial charge < -0.3 is 10.0 Å². The Hall–Kier alpha value is -1.49. The first-order valence-electron chi connectivity index (χ1n) is 8.92. The molecule has 1 N–H and O–H groups in total. The summed E-state index contributed by atoms with van der Waals surface area (Å²) in [6.07, 6.45) is 2.50. The van der Waals surface area contributed by atoms with Gasteiger partial charge in [0.15, 0.2) is 0 Å². The largest absolute Gasteiger partial charge is 0.481 e. The summed E-state index contributed by atoms with van der Waals surface area (Å²) in [5.41, 5.74) is 2.71. The molecule has 2 aromatic rings. The molecule has 2 aromatic carbocycles. The van der Waals surface area contributed by atoms with Gasteiger partial charge in [-0.2, -0.15) is 0 Å². The van der Waals surface area contributed by atoms with Crippen LogP contribution in [0.25, 0.3) is 0 Å². The number of hydrogen-bond acceptors (Lipinski definition) is 3. The highest BCUT2D eigenvalue weighted by molar-refractivity contribution is 8.00. The second kappa shape index (κ2) is 10.6. The highest BCUT2D eigenvalue weighted by Crippen LogP contribution is 2.41. The van der Waals surface area contributed by atoms with Gasteiger partial charge in [-0.3, -0.25) is 4.79 Å². The molecule has 0 aliphatic carbocycles. The number of rotatable bonds is 7. The van der Waals surface area contributed by atoms with Crippen LogP contribution in [0.15, 0.2) is 60.7 Å². The molecule has 140 valence electrons. The molecule has 0 saturated carbocycles. The molecule has 26 heavy (non-hydrogen) atoms. The number of carboxylic acid groups (broad SMARTS) is 1. The van der Waals surface area contributed by atoms with Gasteiger partial charge >= 0.3 is 5.97 Å². The molecular formula is C21H26ClNO2S. The normalized spacial score (nSPS) is 15.6.